The van der Waals surface area contributed by atoms with Gasteiger partial charge in [0.1, 0.15) is 0 Å². The van der Waals surface area contributed by atoms with Gasteiger partial charge in [-0.15, -0.1) is 0 Å². The van der Waals surface area contributed by atoms with Gasteiger partial charge in [0, 0.05) is 22.7 Å². The highest BCUT2D eigenvalue weighted by molar-refractivity contribution is 6.30. The number of primary amides is 1. The van der Waals surface area contributed by atoms with Crippen LogP contribution in [0.4, 0.5) is 10.5 Å². The summed E-state index contributed by atoms with van der Waals surface area (Å²) in [6, 6.07) is 4.90. The van der Waals surface area contributed by atoms with Crippen LogP contribution in [0.1, 0.15) is 37.7 Å². The number of rotatable bonds is 2. The number of benzene rings is 1. The van der Waals surface area contributed by atoms with Gasteiger partial charge in [0.2, 0.25) is 0 Å². The summed E-state index contributed by atoms with van der Waals surface area (Å²) in [5.74, 6) is -0.253. The minimum atomic E-state index is -0.476. The fourth-order valence-corrected chi connectivity index (χ4v) is 5.34. The predicted molar refractivity (Wildman–Crippen MR) is 99.4 cm³/mol. The maximum Gasteiger partial charge on any atom is 0.319 e. The molecular formula is C19H24ClN3O3. The molecule has 3 aliphatic heterocycles. The Labute approximate surface area is 158 Å². The van der Waals surface area contributed by atoms with Crippen molar-refractivity contribution in [3.8, 4) is 0 Å². The van der Waals surface area contributed by atoms with Crippen LogP contribution in [0.3, 0.4) is 0 Å². The van der Waals surface area contributed by atoms with Crippen molar-refractivity contribution in [1.29, 1.82) is 0 Å². The predicted octanol–water partition coefficient (Wildman–Crippen LogP) is 2.74. The summed E-state index contributed by atoms with van der Waals surface area (Å²) in [7, 11) is 0. The molecule has 7 heteroatoms. The van der Waals surface area contributed by atoms with Gasteiger partial charge >= 0.3 is 12.0 Å². The highest BCUT2D eigenvalue weighted by Crippen LogP contribution is 2.50. The number of halogens is 1. The summed E-state index contributed by atoms with van der Waals surface area (Å²) < 4.78 is 5.35. The Morgan fingerprint density at radius 3 is 2.81 bits per heavy atom. The lowest BCUT2D eigenvalue weighted by atomic mass is 9.75. The molecule has 0 aliphatic carbocycles. The van der Waals surface area contributed by atoms with Crippen molar-refractivity contribution >= 4 is 29.3 Å². The number of hydrogen-bond donors (Lipinski definition) is 1. The molecule has 0 saturated carbocycles. The molecule has 3 heterocycles. The summed E-state index contributed by atoms with van der Waals surface area (Å²) in [6.45, 7) is 4.03. The average molecular weight is 378 g/mol. The van der Waals surface area contributed by atoms with Crippen molar-refractivity contribution < 1.29 is 14.3 Å². The Morgan fingerprint density at radius 1 is 1.27 bits per heavy atom. The molecule has 4 rings (SSSR count). The topological polar surface area (TPSA) is 75.9 Å². The van der Waals surface area contributed by atoms with Gasteiger partial charge in [0.05, 0.1) is 18.6 Å². The Kier molecular flexibility index (Phi) is 4.57. The maximum absolute atomic E-state index is 12.6. The summed E-state index contributed by atoms with van der Waals surface area (Å²) in [4.78, 5) is 29.0. The second kappa shape index (κ2) is 6.74. The second-order valence-corrected chi connectivity index (χ2v) is 7.76. The van der Waals surface area contributed by atoms with Crippen molar-refractivity contribution in [2.45, 2.75) is 44.2 Å². The van der Waals surface area contributed by atoms with Gasteiger partial charge in [-0.1, -0.05) is 11.6 Å². The van der Waals surface area contributed by atoms with Crippen molar-refractivity contribution in [2.24, 2.45) is 11.7 Å². The number of amides is 2. The van der Waals surface area contributed by atoms with Crippen LogP contribution in [0.15, 0.2) is 18.2 Å². The number of ether oxygens (including phenoxy) is 1. The SMILES string of the molecule is CCOC(=O)C1CCCN2CCC3c4cc(Cl)ccc4N(C(N)=O)C3C12. The number of anilines is 1. The number of carbonyl (C=O) groups excluding carboxylic acids is 2. The highest BCUT2D eigenvalue weighted by atomic mass is 35.5. The van der Waals surface area contributed by atoms with Gasteiger partial charge in [0.25, 0.3) is 0 Å². The van der Waals surface area contributed by atoms with Gasteiger partial charge in [-0.05, 0) is 63.0 Å². The van der Waals surface area contributed by atoms with E-state index in [0.717, 1.165) is 43.6 Å². The molecule has 26 heavy (non-hydrogen) atoms. The van der Waals surface area contributed by atoms with Gasteiger partial charge in [0.15, 0.2) is 0 Å². The third kappa shape index (κ3) is 2.67. The number of nitrogens with two attached hydrogens (primary N) is 1. The highest BCUT2D eigenvalue weighted by Gasteiger charge is 2.54. The lowest BCUT2D eigenvalue weighted by Gasteiger charge is -2.50. The molecule has 3 aliphatic rings. The molecule has 0 bridgehead atoms. The molecule has 1 aromatic rings. The second-order valence-electron chi connectivity index (χ2n) is 7.32. The number of nitrogens with zero attached hydrogens (tertiary/aromatic N) is 2. The average Bonchev–Trinajstić information content (AvgIpc) is 2.95. The van der Waals surface area contributed by atoms with Gasteiger partial charge in [-0.25, -0.2) is 4.79 Å². The Hall–Kier alpha value is -1.79. The number of carbonyl (C=O) groups is 2. The zero-order valence-electron chi connectivity index (χ0n) is 14.9. The molecule has 2 N–H and O–H groups in total. The number of hydrogen-bond acceptors (Lipinski definition) is 4. The van der Waals surface area contributed by atoms with E-state index in [-0.39, 0.29) is 29.9 Å². The lowest BCUT2D eigenvalue weighted by molar-refractivity contribution is -0.153. The first-order valence-electron chi connectivity index (χ1n) is 9.31. The van der Waals surface area contributed by atoms with Crippen LogP contribution in [0.25, 0.3) is 0 Å². The van der Waals surface area contributed by atoms with Crippen molar-refractivity contribution in [3.63, 3.8) is 0 Å². The van der Waals surface area contributed by atoms with Crippen LogP contribution >= 0.6 is 11.6 Å². The fraction of sp³-hybridized carbons (Fsp3) is 0.579. The quantitative estimate of drug-likeness (QED) is 0.804. The van der Waals surface area contributed by atoms with Crippen molar-refractivity contribution in [1.82, 2.24) is 4.90 Å². The van der Waals surface area contributed by atoms with Gasteiger partial charge in [-0.3, -0.25) is 14.6 Å². The summed E-state index contributed by atoms with van der Waals surface area (Å²) in [5.41, 5.74) is 7.67. The normalized spacial score (nSPS) is 30.3. The Morgan fingerprint density at radius 2 is 2.08 bits per heavy atom. The smallest absolute Gasteiger partial charge is 0.319 e. The minimum absolute atomic E-state index is 0.0692. The Bertz CT molecular complexity index is 741. The van der Waals surface area contributed by atoms with E-state index in [2.05, 4.69) is 4.90 Å². The molecule has 140 valence electrons. The molecule has 1 aromatic carbocycles. The first-order chi connectivity index (χ1) is 12.5. The summed E-state index contributed by atoms with van der Waals surface area (Å²) in [5, 5.41) is 0.654. The fourth-order valence-electron chi connectivity index (χ4n) is 5.16. The molecule has 0 aromatic heterocycles. The van der Waals surface area contributed by atoms with Gasteiger partial charge < -0.3 is 10.5 Å². The van der Waals surface area contributed by atoms with E-state index in [9.17, 15) is 9.59 Å². The molecule has 2 fully saturated rings. The van der Waals surface area contributed by atoms with E-state index >= 15 is 0 Å². The van der Waals surface area contributed by atoms with Crippen LogP contribution in [-0.4, -0.2) is 48.7 Å². The molecule has 2 saturated heterocycles. The van der Waals surface area contributed by atoms with E-state index < -0.39 is 6.03 Å². The molecule has 4 atom stereocenters. The van der Waals surface area contributed by atoms with Crippen LogP contribution in [0, 0.1) is 5.92 Å². The van der Waals surface area contributed by atoms with E-state index in [0.29, 0.717) is 11.6 Å². The number of urea groups is 1. The standard InChI is InChI=1S/C19H24ClN3O3/c1-2-26-18(24)13-4-3-8-22-9-7-12-14-10-11(20)5-6-15(14)23(19(21)25)17(12)16(13)22/h5-6,10,12-13,16-17H,2-4,7-9H2,1H3,(H2,21,25). The monoisotopic (exact) mass is 377 g/mol. The number of piperidine rings is 2. The van der Waals surface area contributed by atoms with Gasteiger partial charge in [-0.2, -0.15) is 0 Å². The summed E-state index contributed by atoms with van der Waals surface area (Å²) >= 11 is 6.22. The molecule has 2 amide bonds. The maximum atomic E-state index is 12.6. The molecule has 4 unspecified atom stereocenters. The number of fused-ring (bicyclic) bond motifs is 5. The molecular weight excluding hydrogens is 354 g/mol. The van der Waals surface area contributed by atoms with E-state index in [1.54, 1.807) is 11.0 Å². The minimum Gasteiger partial charge on any atom is -0.466 e. The van der Waals surface area contributed by atoms with Crippen LogP contribution in [0.5, 0.6) is 0 Å². The van der Waals surface area contributed by atoms with Crippen LogP contribution in [0.2, 0.25) is 5.02 Å². The molecule has 6 nitrogen and oxygen atoms in total. The van der Waals surface area contributed by atoms with Crippen LogP contribution in [-0.2, 0) is 9.53 Å². The molecule has 0 spiro atoms. The molecule has 0 radical (unpaired) electrons. The third-order valence-corrected chi connectivity index (χ3v) is 6.29. The first-order valence-corrected chi connectivity index (χ1v) is 9.69. The lowest BCUT2D eigenvalue weighted by Crippen LogP contribution is -2.64. The van der Waals surface area contributed by atoms with Crippen molar-refractivity contribution in [2.75, 3.05) is 24.6 Å². The van der Waals surface area contributed by atoms with Crippen LogP contribution < -0.4 is 10.6 Å². The first kappa shape index (κ1) is 17.6. The van der Waals surface area contributed by atoms with Crippen molar-refractivity contribution in [3.05, 3.63) is 28.8 Å². The number of esters is 1. The largest absolute Gasteiger partial charge is 0.466 e. The Balaban J connectivity index is 1.77. The van der Waals surface area contributed by atoms with E-state index in [4.69, 9.17) is 22.1 Å². The van der Waals surface area contributed by atoms with E-state index in [1.807, 2.05) is 19.1 Å². The zero-order valence-corrected chi connectivity index (χ0v) is 15.6. The third-order valence-electron chi connectivity index (χ3n) is 6.06. The zero-order chi connectivity index (χ0) is 18.4. The summed E-state index contributed by atoms with van der Waals surface area (Å²) in [6.07, 6.45) is 2.67. The van der Waals surface area contributed by atoms with E-state index in [1.165, 1.54) is 0 Å².